The van der Waals surface area contributed by atoms with Crippen LogP contribution in [0.2, 0.25) is 0 Å². The van der Waals surface area contributed by atoms with Crippen molar-refractivity contribution in [1.82, 2.24) is 5.32 Å². The number of anilines is 1. The Morgan fingerprint density at radius 3 is 2.53 bits per heavy atom. The van der Waals surface area contributed by atoms with E-state index in [-0.39, 0.29) is 17.5 Å². The predicted octanol–water partition coefficient (Wildman–Crippen LogP) is 4.66. The van der Waals surface area contributed by atoms with E-state index in [2.05, 4.69) is 55.6 Å². The molecule has 32 heavy (non-hydrogen) atoms. The van der Waals surface area contributed by atoms with Gasteiger partial charge >= 0.3 is 0 Å². The van der Waals surface area contributed by atoms with Crippen molar-refractivity contribution < 1.29 is 9.47 Å². The Balaban J connectivity index is 1.46. The van der Waals surface area contributed by atoms with Gasteiger partial charge < -0.3 is 19.7 Å². The second-order valence-electron chi connectivity index (χ2n) is 8.77. The van der Waals surface area contributed by atoms with Crippen molar-refractivity contribution in [1.29, 1.82) is 0 Å². The molecule has 1 N–H and O–H groups in total. The Kier molecular flexibility index (Phi) is 8.09. The standard InChI is InChI=1S/C24H34ClN4O2P/c1-16(25)15-22-23(28-24(27-22)31-20-7-9-21(32)10-8-20)26-17(2)18-3-5-19(6-4-18)29-11-13-30-14-12-29/h3-6,15-17,20-21H,7-14,32H2,1-2H3,(H,26,27,28)/b22-15+/t16?,17?,20-,21+. The number of ether oxygens (including phenoxy) is 2. The number of amidine groups is 2. The van der Waals surface area contributed by atoms with Crippen molar-refractivity contribution >= 4 is 38.4 Å². The highest BCUT2D eigenvalue weighted by Crippen LogP contribution is 2.28. The van der Waals surface area contributed by atoms with Gasteiger partial charge in [0.25, 0.3) is 6.02 Å². The van der Waals surface area contributed by atoms with Crippen molar-refractivity contribution in [2.75, 3.05) is 31.2 Å². The molecule has 2 heterocycles. The molecule has 1 saturated carbocycles. The van der Waals surface area contributed by atoms with Gasteiger partial charge in [-0.15, -0.1) is 20.8 Å². The number of halogens is 1. The summed E-state index contributed by atoms with van der Waals surface area (Å²) >= 11 is 6.24. The summed E-state index contributed by atoms with van der Waals surface area (Å²) in [6.45, 7) is 7.46. The van der Waals surface area contributed by atoms with Gasteiger partial charge in [-0.05, 0) is 69.0 Å². The summed E-state index contributed by atoms with van der Waals surface area (Å²) in [6.07, 6.45) is 6.59. The van der Waals surface area contributed by atoms with E-state index in [0.717, 1.165) is 50.4 Å². The zero-order valence-corrected chi connectivity index (χ0v) is 20.9. The van der Waals surface area contributed by atoms with Gasteiger partial charge in [-0.3, -0.25) is 4.99 Å². The second-order valence-corrected chi connectivity index (χ2v) is 10.4. The first-order chi connectivity index (χ1) is 15.5. The molecule has 2 aliphatic heterocycles. The van der Waals surface area contributed by atoms with Crippen LogP contribution in [0, 0.1) is 0 Å². The highest BCUT2D eigenvalue weighted by molar-refractivity contribution is 7.17. The van der Waals surface area contributed by atoms with Gasteiger partial charge in [0.1, 0.15) is 6.10 Å². The number of allylic oxidation sites excluding steroid dienone is 1. The summed E-state index contributed by atoms with van der Waals surface area (Å²) in [5.74, 6) is 0.650. The molecule has 1 aromatic carbocycles. The average Bonchev–Trinajstić information content (AvgIpc) is 3.15. The van der Waals surface area contributed by atoms with E-state index in [9.17, 15) is 0 Å². The molecule has 2 fully saturated rings. The SMILES string of the molecule is CC(Cl)/C=C1/NC(O[C@H]2CC[C@@H](P)CC2)=N/C1=N/C(C)c1ccc(N2CCOCC2)cc1. The van der Waals surface area contributed by atoms with Crippen molar-refractivity contribution in [3.8, 4) is 0 Å². The fraction of sp³-hybridized carbons (Fsp3) is 0.583. The summed E-state index contributed by atoms with van der Waals surface area (Å²) in [7, 11) is 2.93. The monoisotopic (exact) mass is 476 g/mol. The summed E-state index contributed by atoms with van der Waals surface area (Å²) < 4.78 is 11.6. The fourth-order valence-electron chi connectivity index (χ4n) is 4.26. The number of nitrogens with one attached hydrogen (secondary N) is 1. The van der Waals surface area contributed by atoms with Gasteiger partial charge in [0, 0.05) is 18.8 Å². The Morgan fingerprint density at radius 2 is 1.88 bits per heavy atom. The van der Waals surface area contributed by atoms with Crippen LogP contribution in [-0.4, -0.2) is 55.3 Å². The topological polar surface area (TPSA) is 58.5 Å². The van der Waals surface area contributed by atoms with Crippen LogP contribution in [0.1, 0.15) is 51.1 Å². The molecule has 0 radical (unpaired) electrons. The largest absolute Gasteiger partial charge is 0.461 e. The molecule has 0 aromatic heterocycles. The van der Waals surface area contributed by atoms with E-state index in [1.807, 2.05) is 13.0 Å². The maximum atomic E-state index is 6.24. The average molecular weight is 477 g/mol. The van der Waals surface area contributed by atoms with Gasteiger partial charge in [-0.25, -0.2) is 0 Å². The lowest BCUT2D eigenvalue weighted by atomic mass is 9.97. The third kappa shape index (κ3) is 6.24. The molecule has 0 amide bonds. The van der Waals surface area contributed by atoms with Gasteiger partial charge in [0.15, 0.2) is 5.84 Å². The van der Waals surface area contributed by atoms with Crippen LogP contribution < -0.4 is 10.2 Å². The number of benzene rings is 1. The van der Waals surface area contributed by atoms with Crippen LogP contribution in [0.5, 0.6) is 0 Å². The van der Waals surface area contributed by atoms with Gasteiger partial charge in [0.05, 0.1) is 30.3 Å². The van der Waals surface area contributed by atoms with Crippen molar-refractivity contribution in [2.24, 2.45) is 9.98 Å². The molecule has 8 heteroatoms. The number of hydrogen-bond donors (Lipinski definition) is 1. The Bertz CT molecular complexity index is 857. The first-order valence-electron chi connectivity index (χ1n) is 11.6. The lowest BCUT2D eigenvalue weighted by Gasteiger charge is -2.29. The molecule has 0 spiro atoms. The molecular formula is C24H34ClN4O2P. The van der Waals surface area contributed by atoms with Crippen LogP contribution in [0.15, 0.2) is 46.0 Å². The third-order valence-electron chi connectivity index (χ3n) is 6.15. The zero-order chi connectivity index (χ0) is 22.5. The first-order valence-corrected chi connectivity index (χ1v) is 12.7. The lowest BCUT2D eigenvalue weighted by Crippen LogP contribution is -2.36. The maximum Gasteiger partial charge on any atom is 0.296 e. The predicted molar refractivity (Wildman–Crippen MR) is 136 cm³/mol. The molecule has 1 aromatic rings. The van der Waals surface area contributed by atoms with E-state index < -0.39 is 0 Å². The number of nitrogens with zero attached hydrogens (tertiary/aromatic N) is 3. The second kappa shape index (κ2) is 11.0. The van der Waals surface area contributed by atoms with Crippen LogP contribution in [0.25, 0.3) is 0 Å². The van der Waals surface area contributed by atoms with Gasteiger partial charge in [-0.1, -0.05) is 12.1 Å². The third-order valence-corrected chi connectivity index (χ3v) is 6.94. The minimum absolute atomic E-state index is 0.0322. The molecule has 3 atom stereocenters. The molecule has 3 unspecified atom stereocenters. The molecule has 1 aliphatic carbocycles. The normalized spacial score (nSPS) is 28.4. The van der Waals surface area contributed by atoms with Gasteiger partial charge in [-0.2, -0.15) is 4.99 Å². The smallest absolute Gasteiger partial charge is 0.296 e. The van der Waals surface area contributed by atoms with Crippen LogP contribution in [0.3, 0.4) is 0 Å². The van der Waals surface area contributed by atoms with Crippen LogP contribution in [0.4, 0.5) is 5.69 Å². The number of rotatable bonds is 5. The Labute approximate surface area is 198 Å². The molecule has 1 saturated heterocycles. The minimum Gasteiger partial charge on any atom is -0.461 e. The van der Waals surface area contributed by atoms with E-state index in [1.165, 1.54) is 18.5 Å². The van der Waals surface area contributed by atoms with Crippen molar-refractivity contribution in [3.05, 3.63) is 41.6 Å². The highest BCUT2D eigenvalue weighted by Gasteiger charge is 2.26. The molecular weight excluding hydrogens is 443 g/mol. The summed E-state index contributed by atoms with van der Waals surface area (Å²) in [6, 6.07) is 9.14. The molecule has 3 aliphatic rings. The Morgan fingerprint density at radius 1 is 1.19 bits per heavy atom. The number of hydrogen-bond acceptors (Lipinski definition) is 5. The highest BCUT2D eigenvalue weighted by atomic mass is 35.5. The summed E-state index contributed by atoms with van der Waals surface area (Å²) in [5.41, 5.74) is 3.90. The van der Waals surface area contributed by atoms with E-state index >= 15 is 0 Å². The van der Waals surface area contributed by atoms with E-state index in [0.29, 0.717) is 17.5 Å². The van der Waals surface area contributed by atoms with Crippen molar-refractivity contribution in [2.45, 2.75) is 62.7 Å². The van der Waals surface area contributed by atoms with E-state index in [4.69, 9.17) is 26.1 Å². The minimum atomic E-state index is -0.132. The van der Waals surface area contributed by atoms with Crippen LogP contribution in [-0.2, 0) is 9.47 Å². The zero-order valence-electron chi connectivity index (χ0n) is 19.0. The number of aliphatic imine (C=N–C) groups is 2. The molecule has 174 valence electrons. The van der Waals surface area contributed by atoms with E-state index in [1.54, 1.807) is 0 Å². The summed E-state index contributed by atoms with van der Waals surface area (Å²) in [4.78, 5) is 11.9. The fourth-order valence-corrected chi connectivity index (χ4v) is 4.77. The molecule has 4 rings (SSSR count). The Hall–Kier alpha value is -1.62. The number of morpholine rings is 1. The lowest BCUT2D eigenvalue weighted by molar-refractivity contribution is 0.122. The molecule has 6 nitrogen and oxygen atoms in total. The van der Waals surface area contributed by atoms with Crippen LogP contribution >= 0.6 is 20.8 Å². The van der Waals surface area contributed by atoms with Gasteiger partial charge in [0.2, 0.25) is 0 Å². The quantitative estimate of drug-likeness (QED) is 0.496. The maximum absolute atomic E-state index is 6.24. The molecule has 0 bridgehead atoms. The first kappa shape index (κ1) is 23.5. The number of alkyl halides is 1. The van der Waals surface area contributed by atoms with Crippen molar-refractivity contribution in [3.63, 3.8) is 0 Å². The summed E-state index contributed by atoms with van der Waals surface area (Å²) in [5, 5.41) is 3.16.